The van der Waals surface area contributed by atoms with Crippen molar-refractivity contribution in [3.63, 3.8) is 0 Å². The van der Waals surface area contributed by atoms with Gasteiger partial charge in [0.15, 0.2) is 11.7 Å². The topological polar surface area (TPSA) is 81.6 Å². The van der Waals surface area contributed by atoms with Crippen LogP contribution in [0.4, 0.5) is 5.69 Å². The van der Waals surface area contributed by atoms with Crippen LogP contribution in [0, 0.1) is 0 Å². The number of rotatable bonds is 8. The van der Waals surface area contributed by atoms with E-state index in [0.717, 1.165) is 35.1 Å². The zero-order chi connectivity index (χ0) is 25.6. The summed E-state index contributed by atoms with van der Waals surface area (Å²) in [4.78, 5) is 25.9. The molecular weight excluding hydrogens is 464 g/mol. The molecule has 0 fully saturated rings. The first-order valence-corrected chi connectivity index (χ1v) is 12.3. The highest BCUT2D eigenvalue weighted by atomic mass is 16.5. The molecule has 0 aromatic heterocycles. The Kier molecular flexibility index (Phi) is 7.28. The van der Waals surface area contributed by atoms with Crippen molar-refractivity contribution in [3.8, 4) is 11.5 Å². The fourth-order valence-corrected chi connectivity index (χ4v) is 4.17. The summed E-state index contributed by atoms with van der Waals surface area (Å²) in [7, 11) is 3.97. The number of benzene rings is 3. The molecule has 3 aromatic carbocycles. The minimum absolute atomic E-state index is 0.0473. The van der Waals surface area contributed by atoms with Crippen molar-refractivity contribution >= 4 is 23.3 Å². The highest BCUT2D eigenvalue weighted by Gasteiger charge is 2.32. The van der Waals surface area contributed by atoms with Gasteiger partial charge in [-0.05, 0) is 68.2 Å². The lowest BCUT2D eigenvalue weighted by atomic mass is 10.0. The van der Waals surface area contributed by atoms with Crippen molar-refractivity contribution in [2.45, 2.75) is 6.04 Å². The molecule has 0 saturated carbocycles. The molecule has 37 heavy (non-hydrogen) atoms. The molecule has 8 nitrogen and oxygen atoms in total. The molecule has 0 spiro atoms. The second-order valence-electron chi connectivity index (χ2n) is 9.11. The fraction of sp³-hybridized carbons (Fsp3) is 0.207. The fourth-order valence-electron chi connectivity index (χ4n) is 4.17. The Hall–Kier alpha value is -4.43. The third-order valence-electron chi connectivity index (χ3n) is 6.14. The average molecular weight is 495 g/mol. The smallest absolute Gasteiger partial charge is 0.251 e. The number of nitrogens with one attached hydrogen (secondary N) is 2. The number of amides is 1. The van der Waals surface area contributed by atoms with Gasteiger partial charge in [0.05, 0.1) is 12.6 Å². The van der Waals surface area contributed by atoms with Crippen molar-refractivity contribution in [1.82, 2.24) is 15.1 Å². The van der Waals surface area contributed by atoms with Crippen LogP contribution in [-0.4, -0.2) is 61.1 Å². The van der Waals surface area contributed by atoms with Crippen molar-refractivity contribution in [1.29, 1.82) is 0 Å². The standard InChI is InChI=1S/C29H30N6O2/c1-34(2)18-16-31-29(36)22-10-8-21(9-11-22)26-20-32-28-27(30-17-19-35(26)28)33-23-12-14-25(15-13-23)37-24-6-4-3-5-7-24/h3-15,17,19,26H,16,18,20H2,1-2H3,(H,30,33)(H,31,36). The summed E-state index contributed by atoms with van der Waals surface area (Å²) in [6, 6.07) is 25.2. The average Bonchev–Trinajstić information content (AvgIpc) is 3.35. The number of carbonyl (C=O) groups excluding carboxylic acids is 1. The summed E-state index contributed by atoms with van der Waals surface area (Å²) in [5, 5.41) is 6.33. The van der Waals surface area contributed by atoms with E-state index in [9.17, 15) is 4.79 Å². The van der Waals surface area contributed by atoms with Crippen LogP contribution < -0.4 is 15.4 Å². The minimum Gasteiger partial charge on any atom is -0.457 e. The Morgan fingerprint density at radius 3 is 2.46 bits per heavy atom. The first-order chi connectivity index (χ1) is 18.1. The van der Waals surface area contributed by atoms with Gasteiger partial charge in [0.1, 0.15) is 11.5 Å². The zero-order valence-electron chi connectivity index (χ0n) is 21.0. The van der Waals surface area contributed by atoms with E-state index in [4.69, 9.17) is 9.73 Å². The highest BCUT2D eigenvalue weighted by molar-refractivity contribution is 6.45. The monoisotopic (exact) mass is 494 g/mol. The number of hydrogen-bond acceptors (Lipinski definition) is 7. The number of likely N-dealkylation sites (N-methyl/N-ethyl adjacent to an activating group) is 1. The number of carbonyl (C=O) groups is 1. The summed E-state index contributed by atoms with van der Waals surface area (Å²) in [5.41, 5.74) is 2.64. The number of hydrogen-bond donors (Lipinski definition) is 2. The quantitative estimate of drug-likeness (QED) is 0.481. The molecule has 1 amide bonds. The lowest BCUT2D eigenvalue weighted by molar-refractivity contribution is 0.0951. The van der Waals surface area contributed by atoms with Gasteiger partial charge in [-0.25, -0.2) is 4.99 Å². The number of nitrogens with zero attached hydrogens (tertiary/aromatic N) is 4. The molecule has 2 aliphatic rings. The Bertz CT molecular complexity index is 1310. The first kappa shape index (κ1) is 24.3. The maximum Gasteiger partial charge on any atom is 0.251 e. The Morgan fingerprint density at radius 2 is 1.73 bits per heavy atom. The maximum atomic E-state index is 12.4. The Balaban J connectivity index is 1.20. The molecule has 2 heterocycles. The number of fused-ring (bicyclic) bond motifs is 1. The second kappa shape index (κ2) is 11.1. The summed E-state index contributed by atoms with van der Waals surface area (Å²) >= 11 is 0. The Morgan fingerprint density at radius 1 is 1.00 bits per heavy atom. The van der Waals surface area contributed by atoms with E-state index in [1.54, 1.807) is 6.20 Å². The molecule has 0 radical (unpaired) electrons. The van der Waals surface area contributed by atoms with Crippen molar-refractivity contribution in [2.24, 2.45) is 9.98 Å². The molecule has 2 aliphatic heterocycles. The molecule has 1 unspecified atom stereocenters. The van der Waals surface area contributed by atoms with Crippen LogP contribution in [-0.2, 0) is 0 Å². The summed E-state index contributed by atoms with van der Waals surface area (Å²) in [6.07, 6.45) is 3.72. The lowest BCUT2D eigenvalue weighted by Gasteiger charge is -2.27. The number of ether oxygens (including phenoxy) is 1. The lowest BCUT2D eigenvalue weighted by Crippen LogP contribution is -2.37. The predicted molar refractivity (Wildman–Crippen MR) is 147 cm³/mol. The third kappa shape index (κ3) is 5.87. The van der Waals surface area contributed by atoms with Crippen LogP contribution in [0.2, 0.25) is 0 Å². The van der Waals surface area contributed by atoms with Crippen LogP contribution in [0.3, 0.4) is 0 Å². The molecule has 8 heteroatoms. The van der Waals surface area contributed by atoms with Gasteiger partial charge in [-0.15, -0.1) is 0 Å². The van der Waals surface area contributed by atoms with Gasteiger partial charge in [-0.3, -0.25) is 9.79 Å². The first-order valence-electron chi connectivity index (χ1n) is 12.3. The molecule has 5 rings (SSSR count). The van der Waals surface area contributed by atoms with Crippen LogP contribution in [0.1, 0.15) is 22.0 Å². The van der Waals surface area contributed by atoms with Gasteiger partial charge in [-0.2, -0.15) is 0 Å². The van der Waals surface area contributed by atoms with Crippen molar-refractivity contribution in [2.75, 3.05) is 39.0 Å². The summed E-state index contributed by atoms with van der Waals surface area (Å²) < 4.78 is 5.88. The predicted octanol–water partition coefficient (Wildman–Crippen LogP) is 4.52. The SMILES string of the molecule is CN(C)CCNC(=O)c1ccc(C2CN=C3C(Nc4ccc(Oc5ccccc5)cc4)=NC=CN32)cc1. The summed E-state index contributed by atoms with van der Waals surface area (Å²) in [6.45, 7) is 2.03. The molecule has 3 aromatic rings. The van der Waals surface area contributed by atoms with Gasteiger partial charge in [0, 0.05) is 36.7 Å². The van der Waals surface area contributed by atoms with E-state index in [1.165, 1.54) is 0 Å². The van der Waals surface area contributed by atoms with E-state index in [2.05, 4.69) is 20.5 Å². The minimum atomic E-state index is -0.0616. The molecular formula is C29H30N6O2. The van der Waals surface area contributed by atoms with E-state index < -0.39 is 0 Å². The molecule has 0 bridgehead atoms. The number of aliphatic imine (C=N–C) groups is 2. The molecule has 188 valence electrons. The number of amidine groups is 2. The molecule has 1 atom stereocenters. The van der Waals surface area contributed by atoms with Crippen LogP contribution in [0.5, 0.6) is 11.5 Å². The molecule has 2 N–H and O–H groups in total. The van der Waals surface area contributed by atoms with E-state index in [0.29, 0.717) is 24.5 Å². The maximum absolute atomic E-state index is 12.4. The van der Waals surface area contributed by atoms with Gasteiger partial charge in [-0.1, -0.05) is 30.3 Å². The van der Waals surface area contributed by atoms with Gasteiger partial charge >= 0.3 is 0 Å². The second-order valence-corrected chi connectivity index (χ2v) is 9.11. The van der Waals surface area contributed by atoms with E-state index in [-0.39, 0.29) is 11.9 Å². The van der Waals surface area contributed by atoms with Crippen LogP contribution >= 0.6 is 0 Å². The number of anilines is 1. The molecule has 0 saturated heterocycles. The van der Waals surface area contributed by atoms with Gasteiger partial charge in [0.25, 0.3) is 5.91 Å². The normalized spacial score (nSPS) is 16.2. The summed E-state index contributed by atoms with van der Waals surface area (Å²) in [5.74, 6) is 2.98. The van der Waals surface area contributed by atoms with Crippen molar-refractivity contribution < 1.29 is 9.53 Å². The largest absolute Gasteiger partial charge is 0.457 e. The van der Waals surface area contributed by atoms with Gasteiger partial charge < -0.3 is 25.2 Å². The van der Waals surface area contributed by atoms with E-state index >= 15 is 0 Å². The number of para-hydroxylation sites is 1. The van der Waals surface area contributed by atoms with Crippen LogP contribution in [0.15, 0.2) is 101 Å². The Labute approximate surface area is 217 Å². The van der Waals surface area contributed by atoms with Crippen molar-refractivity contribution in [3.05, 3.63) is 102 Å². The van der Waals surface area contributed by atoms with Crippen LogP contribution in [0.25, 0.3) is 0 Å². The zero-order valence-corrected chi connectivity index (χ0v) is 21.0. The molecule has 0 aliphatic carbocycles. The highest BCUT2D eigenvalue weighted by Crippen LogP contribution is 2.30. The van der Waals surface area contributed by atoms with Gasteiger partial charge in [0.2, 0.25) is 0 Å². The van der Waals surface area contributed by atoms with E-state index in [1.807, 2.05) is 104 Å². The third-order valence-corrected chi connectivity index (χ3v) is 6.14.